The van der Waals surface area contributed by atoms with E-state index >= 15 is 0 Å². The second kappa shape index (κ2) is 11.2. The number of nitrogens with one attached hydrogen (secondary N) is 2. The zero-order valence-electron chi connectivity index (χ0n) is 18.2. The molecule has 1 saturated heterocycles. The van der Waals surface area contributed by atoms with Gasteiger partial charge in [-0.2, -0.15) is 5.10 Å². The van der Waals surface area contributed by atoms with Crippen LogP contribution in [-0.2, 0) is 9.59 Å². The van der Waals surface area contributed by atoms with Crippen LogP contribution < -0.4 is 15.4 Å². The summed E-state index contributed by atoms with van der Waals surface area (Å²) in [6, 6.07) is 20.7. The van der Waals surface area contributed by atoms with Crippen LogP contribution in [0.1, 0.15) is 22.3 Å². The molecule has 0 radical (unpaired) electrons. The summed E-state index contributed by atoms with van der Waals surface area (Å²) in [6.07, 6.45) is 1.42. The molecule has 1 aliphatic rings. The number of amides is 2. The van der Waals surface area contributed by atoms with E-state index in [-0.39, 0.29) is 34.7 Å². The largest absolute Gasteiger partial charge is 0.423 e. The van der Waals surface area contributed by atoms with E-state index in [4.69, 9.17) is 4.74 Å². The second-order valence-corrected chi connectivity index (χ2v) is 8.53. The molecule has 35 heavy (non-hydrogen) atoms. The van der Waals surface area contributed by atoms with Gasteiger partial charge in [-0.3, -0.25) is 9.59 Å². The molecule has 0 spiro atoms. The Morgan fingerprint density at radius 1 is 1.06 bits per heavy atom. The monoisotopic (exact) mass is 490 g/mol. The Morgan fingerprint density at radius 2 is 1.86 bits per heavy atom. The number of hydrogen-bond acceptors (Lipinski definition) is 7. The lowest BCUT2D eigenvalue weighted by atomic mass is 10.2. The highest BCUT2D eigenvalue weighted by molar-refractivity contribution is 8.15. The number of esters is 1. The van der Waals surface area contributed by atoms with E-state index < -0.39 is 17.0 Å². The summed E-state index contributed by atoms with van der Waals surface area (Å²) in [6.45, 7) is 0. The molecule has 0 aromatic heterocycles. The van der Waals surface area contributed by atoms with E-state index in [0.717, 1.165) is 17.8 Å². The summed E-state index contributed by atoms with van der Waals surface area (Å²) < 4.78 is 18.6. The van der Waals surface area contributed by atoms with Gasteiger partial charge < -0.3 is 15.4 Å². The topological polar surface area (TPSA) is 109 Å². The van der Waals surface area contributed by atoms with Crippen molar-refractivity contribution in [2.24, 2.45) is 10.2 Å². The average Bonchev–Trinajstić information content (AvgIpc) is 3.18. The first kappa shape index (κ1) is 23.8. The zero-order chi connectivity index (χ0) is 24.6. The molecule has 1 heterocycles. The van der Waals surface area contributed by atoms with E-state index in [0.29, 0.717) is 11.3 Å². The lowest BCUT2D eigenvalue weighted by molar-refractivity contribution is -0.122. The quantitative estimate of drug-likeness (QED) is 0.225. The third kappa shape index (κ3) is 6.84. The van der Waals surface area contributed by atoms with E-state index in [1.165, 1.54) is 24.4 Å². The third-order valence-electron chi connectivity index (χ3n) is 4.69. The highest BCUT2D eigenvalue weighted by atomic mass is 32.2. The fourth-order valence-corrected chi connectivity index (χ4v) is 4.00. The van der Waals surface area contributed by atoms with Crippen molar-refractivity contribution in [1.29, 1.82) is 0 Å². The number of anilines is 1. The normalized spacial score (nSPS) is 16.3. The minimum atomic E-state index is -0.689. The van der Waals surface area contributed by atoms with Crippen molar-refractivity contribution in [1.82, 2.24) is 5.32 Å². The summed E-state index contributed by atoms with van der Waals surface area (Å²) >= 11 is 1.12. The van der Waals surface area contributed by atoms with Gasteiger partial charge in [0.2, 0.25) is 11.8 Å². The molecular formula is C25H19FN4O4S. The molecule has 1 aliphatic heterocycles. The van der Waals surface area contributed by atoms with Crippen LogP contribution in [0.5, 0.6) is 5.75 Å². The van der Waals surface area contributed by atoms with Crippen molar-refractivity contribution >= 4 is 46.6 Å². The first-order chi connectivity index (χ1) is 17.0. The highest BCUT2D eigenvalue weighted by Gasteiger charge is 2.32. The molecular weight excluding hydrogens is 471 g/mol. The smallest absolute Gasteiger partial charge is 0.343 e. The molecule has 3 aromatic rings. The molecule has 8 nitrogen and oxygen atoms in total. The predicted molar refractivity (Wildman–Crippen MR) is 132 cm³/mol. The van der Waals surface area contributed by atoms with E-state index in [1.54, 1.807) is 48.5 Å². The van der Waals surface area contributed by atoms with Crippen molar-refractivity contribution in [3.8, 4) is 5.75 Å². The van der Waals surface area contributed by atoms with Crippen LogP contribution in [0.25, 0.3) is 0 Å². The molecule has 0 aliphatic carbocycles. The van der Waals surface area contributed by atoms with Gasteiger partial charge in [0.05, 0.1) is 11.8 Å². The number of thioether (sulfide) groups is 1. The van der Waals surface area contributed by atoms with Gasteiger partial charge in [0.15, 0.2) is 5.17 Å². The first-order valence-corrected chi connectivity index (χ1v) is 11.4. The molecule has 0 bridgehead atoms. The number of hydrogen-bond donors (Lipinski definition) is 2. The summed E-state index contributed by atoms with van der Waals surface area (Å²) in [5.41, 5.74) is 1.34. The van der Waals surface area contributed by atoms with Crippen LogP contribution >= 0.6 is 11.8 Å². The van der Waals surface area contributed by atoms with Crippen LogP contribution in [0.3, 0.4) is 0 Å². The van der Waals surface area contributed by atoms with E-state index in [9.17, 15) is 18.8 Å². The van der Waals surface area contributed by atoms with Crippen molar-refractivity contribution < 1.29 is 23.5 Å². The second-order valence-electron chi connectivity index (χ2n) is 7.34. The molecule has 2 N–H and O–H groups in total. The van der Waals surface area contributed by atoms with Crippen molar-refractivity contribution in [3.05, 3.63) is 95.8 Å². The Morgan fingerprint density at radius 3 is 2.66 bits per heavy atom. The summed E-state index contributed by atoms with van der Waals surface area (Å²) in [7, 11) is 0. The number of carbonyl (C=O) groups excluding carboxylic acids is 3. The Kier molecular flexibility index (Phi) is 7.63. The van der Waals surface area contributed by atoms with Crippen LogP contribution in [0, 0.1) is 5.82 Å². The van der Waals surface area contributed by atoms with Crippen molar-refractivity contribution in [2.45, 2.75) is 11.7 Å². The summed E-state index contributed by atoms with van der Waals surface area (Å²) in [4.78, 5) is 36.6. The Balaban J connectivity index is 1.32. The van der Waals surface area contributed by atoms with Crippen LogP contribution in [0.2, 0.25) is 0 Å². The number of amidine groups is 1. The number of para-hydroxylation sites is 1. The van der Waals surface area contributed by atoms with Gasteiger partial charge in [0.25, 0.3) is 0 Å². The molecule has 1 atom stereocenters. The van der Waals surface area contributed by atoms with Crippen molar-refractivity contribution in [3.63, 3.8) is 0 Å². The number of ether oxygens (including phenoxy) is 1. The maximum absolute atomic E-state index is 13.3. The van der Waals surface area contributed by atoms with Crippen molar-refractivity contribution in [2.75, 3.05) is 5.32 Å². The van der Waals surface area contributed by atoms with Gasteiger partial charge in [0.1, 0.15) is 16.8 Å². The molecule has 1 fully saturated rings. The van der Waals surface area contributed by atoms with Crippen LogP contribution in [-0.4, -0.2) is 34.4 Å². The minimum Gasteiger partial charge on any atom is -0.423 e. The Labute approximate surface area is 204 Å². The highest BCUT2D eigenvalue weighted by Crippen LogP contribution is 2.23. The Hall–Kier alpha value is -4.31. The Bertz CT molecular complexity index is 1310. The fourth-order valence-electron chi connectivity index (χ4n) is 3.08. The van der Waals surface area contributed by atoms with Crippen LogP contribution in [0.4, 0.5) is 10.1 Å². The summed E-state index contributed by atoms with van der Waals surface area (Å²) in [5.74, 6) is -1.57. The van der Waals surface area contributed by atoms with E-state index in [1.807, 2.05) is 6.07 Å². The molecule has 10 heteroatoms. The first-order valence-electron chi connectivity index (χ1n) is 10.5. The molecule has 0 unspecified atom stereocenters. The van der Waals surface area contributed by atoms with Gasteiger partial charge in [-0.25, -0.2) is 9.18 Å². The van der Waals surface area contributed by atoms with Gasteiger partial charge in [0, 0.05) is 12.1 Å². The van der Waals surface area contributed by atoms with Crippen LogP contribution in [0.15, 0.2) is 89.1 Å². The lowest BCUT2D eigenvalue weighted by Crippen LogP contribution is -2.28. The molecule has 2 amide bonds. The molecule has 3 aromatic carbocycles. The summed E-state index contributed by atoms with van der Waals surface area (Å²) in [5, 5.41) is 13.0. The standard InChI is InChI=1S/C25H19FN4O4S/c26-18-8-5-7-17(13-18)24(33)34-20-11-4-6-16(12-20)15-27-30-25-29-23(32)21(35-25)14-22(31)28-19-9-2-1-3-10-19/h1-13,15,21H,14H2,(H,28,31)(H,29,30,32)/b27-15-/t21-/m1/s1. The van der Waals surface area contributed by atoms with Gasteiger partial charge >= 0.3 is 5.97 Å². The molecule has 0 saturated carbocycles. The lowest BCUT2D eigenvalue weighted by Gasteiger charge is -2.06. The van der Waals surface area contributed by atoms with Gasteiger partial charge in [-0.05, 0) is 48.0 Å². The SMILES string of the molecule is O=C(C[C@H]1S/C(=N\N=C/c2cccc(OC(=O)c3cccc(F)c3)c2)NC1=O)Nc1ccccc1. The number of benzene rings is 3. The number of halogens is 1. The van der Waals surface area contributed by atoms with Gasteiger partial charge in [-0.15, -0.1) is 5.10 Å². The maximum atomic E-state index is 13.3. The zero-order valence-corrected chi connectivity index (χ0v) is 19.0. The molecule has 4 rings (SSSR count). The third-order valence-corrected chi connectivity index (χ3v) is 5.76. The fraction of sp³-hybridized carbons (Fsp3) is 0.0800. The maximum Gasteiger partial charge on any atom is 0.343 e. The van der Waals surface area contributed by atoms with E-state index in [2.05, 4.69) is 20.8 Å². The average molecular weight is 491 g/mol. The predicted octanol–water partition coefficient (Wildman–Crippen LogP) is 4.00. The number of rotatable bonds is 7. The number of nitrogens with zero attached hydrogens (tertiary/aromatic N) is 2. The molecule has 176 valence electrons. The minimum absolute atomic E-state index is 0.00709. The van der Waals surface area contributed by atoms with Gasteiger partial charge in [-0.1, -0.05) is 48.2 Å². The number of carbonyl (C=O) groups is 3.